The van der Waals surface area contributed by atoms with E-state index in [-0.39, 0.29) is 6.04 Å². The average molecular weight is 452 g/mol. The Bertz CT molecular complexity index is 1110. The quantitative estimate of drug-likeness (QED) is 0.428. The molecule has 4 aromatic rings. The van der Waals surface area contributed by atoms with Crippen molar-refractivity contribution in [3.63, 3.8) is 0 Å². The van der Waals surface area contributed by atoms with E-state index in [0.717, 1.165) is 40.1 Å². The summed E-state index contributed by atoms with van der Waals surface area (Å²) < 4.78 is 2.94. The Kier molecular flexibility index (Phi) is 5.71. The van der Waals surface area contributed by atoms with Crippen molar-refractivity contribution < 1.29 is 0 Å². The van der Waals surface area contributed by atoms with Gasteiger partial charge in [0.15, 0.2) is 0 Å². The molecule has 0 spiro atoms. The molecule has 0 aliphatic carbocycles. The Morgan fingerprint density at radius 2 is 2.07 bits per heavy atom. The highest BCUT2D eigenvalue weighted by Gasteiger charge is 2.12. The highest BCUT2D eigenvalue weighted by atomic mass is 79.9. The first-order valence-electron chi connectivity index (χ1n) is 9.46. The van der Waals surface area contributed by atoms with Gasteiger partial charge in [0, 0.05) is 28.8 Å². The highest BCUT2D eigenvalue weighted by molar-refractivity contribution is 9.10. The van der Waals surface area contributed by atoms with Gasteiger partial charge in [-0.15, -0.1) is 0 Å². The van der Waals surface area contributed by atoms with Crippen LogP contribution in [-0.4, -0.2) is 31.3 Å². The molecule has 1 aromatic carbocycles. The molecular weight excluding hydrogens is 430 g/mol. The summed E-state index contributed by atoms with van der Waals surface area (Å²) in [4.78, 5) is 13.7. The maximum Gasteiger partial charge on any atom is 0.138 e. The van der Waals surface area contributed by atoms with E-state index in [1.54, 1.807) is 12.4 Å². The predicted octanol–water partition coefficient (Wildman–Crippen LogP) is 4.58. The summed E-state index contributed by atoms with van der Waals surface area (Å²) in [6.45, 7) is 5.51. The zero-order valence-electron chi connectivity index (χ0n) is 16.3. The first-order chi connectivity index (χ1) is 14.1. The molecule has 2 N–H and O–H groups in total. The molecule has 29 heavy (non-hydrogen) atoms. The van der Waals surface area contributed by atoms with Gasteiger partial charge in [0.1, 0.15) is 17.5 Å². The van der Waals surface area contributed by atoms with E-state index in [9.17, 15) is 0 Å². The van der Waals surface area contributed by atoms with Crippen LogP contribution < -0.4 is 10.6 Å². The molecule has 0 amide bonds. The van der Waals surface area contributed by atoms with Crippen LogP contribution in [0, 0.1) is 6.92 Å². The molecule has 0 aliphatic heterocycles. The molecule has 0 radical (unpaired) electrons. The van der Waals surface area contributed by atoms with Crippen molar-refractivity contribution >= 4 is 38.5 Å². The fourth-order valence-electron chi connectivity index (χ4n) is 3.15. The number of nitrogens with zero attached hydrogens (tertiary/aromatic N) is 5. The molecule has 3 heterocycles. The van der Waals surface area contributed by atoms with Crippen molar-refractivity contribution in [1.29, 1.82) is 0 Å². The normalized spacial score (nSPS) is 12.1. The first-order valence-corrected chi connectivity index (χ1v) is 10.3. The monoisotopic (exact) mass is 451 g/mol. The molecule has 7 nitrogen and oxygen atoms in total. The first kappa shape index (κ1) is 19.3. The van der Waals surface area contributed by atoms with E-state index in [1.807, 2.05) is 42.1 Å². The summed E-state index contributed by atoms with van der Waals surface area (Å²) in [6, 6.07) is 12.3. The molecule has 0 unspecified atom stereocenters. The van der Waals surface area contributed by atoms with Crippen LogP contribution in [0.3, 0.4) is 0 Å². The fourth-order valence-corrected chi connectivity index (χ4v) is 3.57. The number of fused-ring (bicyclic) bond motifs is 1. The van der Waals surface area contributed by atoms with Gasteiger partial charge in [-0.3, -0.25) is 4.68 Å². The van der Waals surface area contributed by atoms with Crippen molar-refractivity contribution in [2.45, 2.75) is 26.4 Å². The van der Waals surface area contributed by atoms with Crippen LogP contribution in [0.25, 0.3) is 10.9 Å². The molecule has 148 valence electrons. The number of benzene rings is 1. The molecule has 0 saturated carbocycles. The number of pyridine rings is 1. The number of halogens is 1. The molecular formula is C21H22BrN7. The second kappa shape index (κ2) is 8.57. The zero-order chi connectivity index (χ0) is 20.2. The van der Waals surface area contributed by atoms with Crippen molar-refractivity contribution in [3.05, 3.63) is 70.8 Å². The topological polar surface area (TPSA) is 80.5 Å². The molecule has 0 bridgehead atoms. The Labute approximate surface area is 177 Å². The molecule has 4 rings (SSSR count). The molecule has 0 aliphatic rings. The van der Waals surface area contributed by atoms with E-state index in [2.05, 4.69) is 65.7 Å². The zero-order valence-corrected chi connectivity index (χ0v) is 17.9. The van der Waals surface area contributed by atoms with Crippen LogP contribution in [0.15, 0.2) is 59.5 Å². The van der Waals surface area contributed by atoms with E-state index in [4.69, 9.17) is 0 Å². The minimum absolute atomic E-state index is 0.0920. The smallest absolute Gasteiger partial charge is 0.138 e. The molecule has 3 aromatic heterocycles. The number of hydrogen-bond acceptors (Lipinski definition) is 6. The molecule has 0 fully saturated rings. The van der Waals surface area contributed by atoms with Crippen molar-refractivity contribution in [3.8, 4) is 0 Å². The van der Waals surface area contributed by atoms with Gasteiger partial charge in [-0.1, -0.05) is 28.1 Å². The van der Waals surface area contributed by atoms with Gasteiger partial charge in [0.2, 0.25) is 0 Å². The largest absolute Gasteiger partial charge is 0.368 e. The van der Waals surface area contributed by atoms with Gasteiger partial charge in [-0.2, -0.15) is 5.10 Å². The fraction of sp³-hybridized carbons (Fsp3) is 0.238. The molecule has 8 heteroatoms. The lowest BCUT2D eigenvalue weighted by atomic mass is 10.1. The minimum Gasteiger partial charge on any atom is -0.368 e. The Morgan fingerprint density at radius 1 is 1.17 bits per heavy atom. The third-order valence-electron chi connectivity index (χ3n) is 4.60. The highest BCUT2D eigenvalue weighted by Crippen LogP contribution is 2.27. The summed E-state index contributed by atoms with van der Waals surface area (Å²) in [7, 11) is 0. The third kappa shape index (κ3) is 4.71. The van der Waals surface area contributed by atoms with Crippen LogP contribution in [-0.2, 0) is 6.54 Å². The number of hydrogen-bond donors (Lipinski definition) is 2. The van der Waals surface area contributed by atoms with E-state index in [1.165, 1.54) is 5.56 Å². The Hall–Kier alpha value is -3.00. The molecule has 0 saturated heterocycles. The lowest BCUT2D eigenvalue weighted by Gasteiger charge is -2.17. The van der Waals surface area contributed by atoms with Crippen molar-refractivity contribution in [2.24, 2.45) is 0 Å². The maximum atomic E-state index is 4.65. The van der Waals surface area contributed by atoms with E-state index < -0.39 is 0 Å². The average Bonchev–Trinajstić information content (AvgIpc) is 3.22. The second-order valence-electron chi connectivity index (χ2n) is 6.82. The summed E-state index contributed by atoms with van der Waals surface area (Å²) in [5.41, 5.74) is 1.99. The van der Waals surface area contributed by atoms with Gasteiger partial charge in [-0.25, -0.2) is 15.0 Å². The maximum absolute atomic E-state index is 4.65. The number of aryl methyl sites for hydroxylation is 1. The predicted molar refractivity (Wildman–Crippen MR) is 119 cm³/mol. The van der Waals surface area contributed by atoms with Crippen molar-refractivity contribution in [2.75, 3.05) is 17.2 Å². The SMILES string of the molecule is Cc1nc(N[C@H](C)c2cccc(Br)c2)c2cc(NCCn3cccn3)ncc2n1. The number of anilines is 2. The summed E-state index contributed by atoms with van der Waals surface area (Å²) in [5, 5.41) is 12.0. The summed E-state index contributed by atoms with van der Waals surface area (Å²) in [5.74, 6) is 2.30. The van der Waals surface area contributed by atoms with Crippen molar-refractivity contribution in [1.82, 2.24) is 24.7 Å². The van der Waals surface area contributed by atoms with E-state index >= 15 is 0 Å². The minimum atomic E-state index is 0.0920. The Balaban J connectivity index is 1.56. The second-order valence-corrected chi connectivity index (χ2v) is 7.74. The van der Waals surface area contributed by atoms with Crippen LogP contribution in [0.1, 0.15) is 24.4 Å². The summed E-state index contributed by atoms with van der Waals surface area (Å²) in [6.07, 6.45) is 5.50. The van der Waals surface area contributed by atoms with Gasteiger partial charge in [0.05, 0.1) is 24.3 Å². The van der Waals surface area contributed by atoms with Crippen LogP contribution in [0.2, 0.25) is 0 Å². The van der Waals surface area contributed by atoms with Gasteiger partial charge in [0.25, 0.3) is 0 Å². The van der Waals surface area contributed by atoms with Gasteiger partial charge < -0.3 is 10.6 Å². The van der Waals surface area contributed by atoms with Gasteiger partial charge >= 0.3 is 0 Å². The lowest BCUT2D eigenvalue weighted by molar-refractivity contribution is 0.637. The van der Waals surface area contributed by atoms with Crippen LogP contribution in [0.5, 0.6) is 0 Å². The van der Waals surface area contributed by atoms with E-state index in [0.29, 0.717) is 5.82 Å². The van der Waals surface area contributed by atoms with Gasteiger partial charge in [-0.05, 0) is 43.7 Å². The summed E-state index contributed by atoms with van der Waals surface area (Å²) >= 11 is 3.54. The molecule has 1 atom stereocenters. The Morgan fingerprint density at radius 3 is 2.86 bits per heavy atom. The lowest BCUT2D eigenvalue weighted by Crippen LogP contribution is -2.12. The third-order valence-corrected chi connectivity index (χ3v) is 5.10. The van der Waals surface area contributed by atoms with Crippen LogP contribution >= 0.6 is 15.9 Å². The number of nitrogens with one attached hydrogen (secondary N) is 2. The standard InChI is InChI=1S/C21H22BrN7/c1-14(16-5-3-6-17(22)11-16)26-21-18-12-20(23-8-10-29-9-4-7-25-29)24-13-19(18)27-15(2)28-21/h3-7,9,11-14H,8,10H2,1-2H3,(H,23,24)(H,26,27,28)/t14-/m1/s1. The number of aromatic nitrogens is 5. The van der Waals surface area contributed by atoms with Crippen LogP contribution in [0.4, 0.5) is 11.6 Å². The number of rotatable bonds is 7.